The van der Waals surface area contributed by atoms with E-state index in [1.54, 1.807) is 6.20 Å². The first-order valence-corrected chi connectivity index (χ1v) is 8.33. The predicted octanol–water partition coefficient (Wildman–Crippen LogP) is 3.37. The average Bonchev–Trinajstić information content (AvgIpc) is 2.97. The van der Waals surface area contributed by atoms with Crippen LogP contribution in [0.2, 0.25) is 0 Å². The number of thioether (sulfide) groups is 1. The number of imidazole rings is 1. The molecule has 0 unspecified atom stereocenters. The molecule has 0 atom stereocenters. The van der Waals surface area contributed by atoms with Crippen molar-refractivity contribution in [2.45, 2.75) is 37.0 Å². The largest absolute Gasteiger partial charge is 0.398 e. The number of anilines is 1. The highest BCUT2D eigenvalue weighted by Crippen LogP contribution is 2.36. The molecule has 0 aromatic carbocycles. The molecule has 1 fully saturated rings. The third-order valence-electron chi connectivity index (χ3n) is 4.17. The van der Waals surface area contributed by atoms with Gasteiger partial charge in [0.15, 0.2) is 0 Å². The number of aromatic nitrogens is 3. The van der Waals surface area contributed by atoms with E-state index in [-0.39, 0.29) is 0 Å². The molecule has 2 aromatic heterocycles. The maximum atomic E-state index is 6.07. The molecule has 2 N–H and O–H groups in total. The molecule has 0 spiro atoms. The summed E-state index contributed by atoms with van der Waals surface area (Å²) in [6.45, 7) is 0. The Morgan fingerprint density at radius 1 is 1.20 bits per heavy atom. The summed E-state index contributed by atoms with van der Waals surface area (Å²) in [6, 6.07) is 2.38. The van der Waals surface area contributed by atoms with Crippen LogP contribution in [0.5, 0.6) is 0 Å². The van der Waals surface area contributed by atoms with Gasteiger partial charge in [-0.2, -0.15) is 11.8 Å². The lowest BCUT2D eigenvalue weighted by molar-refractivity contribution is 0.362. The number of pyridine rings is 1. The summed E-state index contributed by atoms with van der Waals surface area (Å²) in [5, 5.41) is 0.821. The molecule has 3 rings (SSSR count). The molecule has 0 aliphatic heterocycles. The maximum absolute atomic E-state index is 6.07. The van der Waals surface area contributed by atoms with Crippen LogP contribution < -0.4 is 5.73 Å². The molecule has 2 aromatic rings. The van der Waals surface area contributed by atoms with Gasteiger partial charge in [-0.1, -0.05) is 0 Å². The fraction of sp³-hybridized carbons (Fsp3) is 0.467. The summed E-state index contributed by atoms with van der Waals surface area (Å²) in [4.78, 5) is 8.52. The molecule has 4 nitrogen and oxygen atoms in total. The van der Waals surface area contributed by atoms with Gasteiger partial charge in [-0.3, -0.25) is 4.98 Å². The van der Waals surface area contributed by atoms with Gasteiger partial charge >= 0.3 is 0 Å². The highest BCUT2D eigenvalue weighted by Gasteiger charge is 2.23. The highest BCUT2D eigenvalue weighted by molar-refractivity contribution is 7.99. The minimum atomic E-state index is 0.538. The predicted molar refractivity (Wildman–Crippen MR) is 84.7 cm³/mol. The Morgan fingerprint density at radius 3 is 2.70 bits per heavy atom. The van der Waals surface area contributed by atoms with Gasteiger partial charge in [-0.05, 0) is 38.0 Å². The second-order valence-electron chi connectivity index (χ2n) is 5.32. The zero-order valence-electron chi connectivity index (χ0n) is 11.7. The zero-order chi connectivity index (χ0) is 13.9. The first-order chi connectivity index (χ1) is 9.79. The number of hydrogen-bond donors (Lipinski definition) is 1. The van der Waals surface area contributed by atoms with Gasteiger partial charge in [0.25, 0.3) is 0 Å². The van der Waals surface area contributed by atoms with Crippen LogP contribution in [-0.2, 0) is 0 Å². The second kappa shape index (κ2) is 5.87. The van der Waals surface area contributed by atoms with Crippen molar-refractivity contribution in [2.24, 2.45) is 0 Å². The van der Waals surface area contributed by atoms with Crippen molar-refractivity contribution >= 4 is 17.4 Å². The van der Waals surface area contributed by atoms with Crippen LogP contribution in [0.4, 0.5) is 5.69 Å². The number of nitrogen functional groups attached to an aromatic ring is 1. The number of nitrogens with two attached hydrogens (primary N) is 1. The number of nitrogens with zero attached hydrogens (tertiary/aromatic N) is 3. The van der Waals surface area contributed by atoms with Crippen LogP contribution in [0.1, 0.15) is 31.7 Å². The van der Waals surface area contributed by atoms with Gasteiger partial charge in [0.1, 0.15) is 0 Å². The van der Waals surface area contributed by atoms with E-state index in [4.69, 9.17) is 5.73 Å². The van der Waals surface area contributed by atoms with Gasteiger partial charge < -0.3 is 10.3 Å². The first-order valence-electron chi connectivity index (χ1n) is 7.04. The Kier molecular flexibility index (Phi) is 3.96. The van der Waals surface area contributed by atoms with Crippen LogP contribution in [0.15, 0.2) is 31.0 Å². The molecular formula is C15H20N4S. The summed E-state index contributed by atoms with van der Waals surface area (Å²) in [5.41, 5.74) is 8.90. The van der Waals surface area contributed by atoms with Crippen LogP contribution >= 0.6 is 11.8 Å². The third kappa shape index (κ3) is 2.54. The SMILES string of the molecule is CSC1CCC(n2cncc2-c2cnccc2N)CC1. The second-order valence-corrected chi connectivity index (χ2v) is 6.45. The first kappa shape index (κ1) is 13.5. The van der Waals surface area contributed by atoms with Gasteiger partial charge in [0.05, 0.1) is 18.2 Å². The summed E-state index contributed by atoms with van der Waals surface area (Å²) in [7, 11) is 0. The molecule has 5 heteroatoms. The molecular weight excluding hydrogens is 268 g/mol. The molecule has 0 bridgehead atoms. The summed E-state index contributed by atoms with van der Waals surface area (Å²) in [5.74, 6) is 0. The van der Waals surface area contributed by atoms with Crippen LogP contribution in [0.3, 0.4) is 0 Å². The normalized spacial score (nSPS) is 22.9. The fourth-order valence-corrected chi connectivity index (χ4v) is 3.73. The molecule has 0 amide bonds. The molecule has 0 saturated heterocycles. The monoisotopic (exact) mass is 288 g/mol. The van der Waals surface area contributed by atoms with E-state index in [0.29, 0.717) is 6.04 Å². The van der Waals surface area contributed by atoms with Crippen molar-refractivity contribution in [3.05, 3.63) is 31.0 Å². The van der Waals surface area contributed by atoms with E-state index < -0.39 is 0 Å². The molecule has 1 aliphatic carbocycles. The minimum absolute atomic E-state index is 0.538. The molecule has 0 radical (unpaired) electrons. The molecule has 1 saturated carbocycles. The van der Waals surface area contributed by atoms with Crippen molar-refractivity contribution in [3.63, 3.8) is 0 Å². The van der Waals surface area contributed by atoms with E-state index in [0.717, 1.165) is 22.2 Å². The Labute approximate surface area is 123 Å². The number of rotatable bonds is 3. The molecule has 106 valence electrons. The van der Waals surface area contributed by atoms with Crippen molar-refractivity contribution < 1.29 is 0 Å². The highest BCUT2D eigenvalue weighted by atomic mass is 32.2. The molecule has 20 heavy (non-hydrogen) atoms. The van der Waals surface area contributed by atoms with E-state index in [9.17, 15) is 0 Å². The quantitative estimate of drug-likeness (QED) is 0.940. The fourth-order valence-electron chi connectivity index (χ4n) is 2.98. The lowest BCUT2D eigenvalue weighted by Gasteiger charge is -2.29. The van der Waals surface area contributed by atoms with Crippen molar-refractivity contribution in [1.82, 2.24) is 14.5 Å². The van der Waals surface area contributed by atoms with Crippen molar-refractivity contribution in [1.29, 1.82) is 0 Å². The lowest BCUT2D eigenvalue weighted by atomic mass is 9.94. The van der Waals surface area contributed by atoms with Crippen molar-refractivity contribution in [2.75, 3.05) is 12.0 Å². The van der Waals surface area contributed by atoms with E-state index in [1.165, 1.54) is 25.7 Å². The average molecular weight is 288 g/mol. The Hall–Kier alpha value is -1.49. The molecule has 2 heterocycles. The zero-order valence-corrected chi connectivity index (χ0v) is 12.5. The Balaban J connectivity index is 1.86. The van der Waals surface area contributed by atoms with E-state index >= 15 is 0 Å². The topological polar surface area (TPSA) is 56.7 Å². The lowest BCUT2D eigenvalue weighted by Crippen LogP contribution is -2.19. The van der Waals surface area contributed by atoms with Crippen LogP contribution in [0, 0.1) is 0 Å². The Bertz CT molecular complexity index is 573. The number of hydrogen-bond acceptors (Lipinski definition) is 4. The van der Waals surface area contributed by atoms with Gasteiger partial charge in [-0.15, -0.1) is 0 Å². The van der Waals surface area contributed by atoms with Crippen LogP contribution in [-0.4, -0.2) is 26.0 Å². The summed E-state index contributed by atoms with van der Waals surface area (Å²) < 4.78 is 2.28. The molecule has 1 aliphatic rings. The van der Waals surface area contributed by atoms with E-state index in [2.05, 4.69) is 20.8 Å². The maximum Gasteiger partial charge on any atom is 0.0953 e. The van der Waals surface area contributed by atoms with Crippen LogP contribution in [0.25, 0.3) is 11.3 Å². The van der Waals surface area contributed by atoms with Gasteiger partial charge in [0.2, 0.25) is 0 Å². The van der Waals surface area contributed by atoms with Gasteiger partial charge in [-0.25, -0.2) is 4.98 Å². The van der Waals surface area contributed by atoms with Crippen molar-refractivity contribution in [3.8, 4) is 11.3 Å². The minimum Gasteiger partial charge on any atom is -0.398 e. The smallest absolute Gasteiger partial charge is 0.0953 e. The summed E-state index contributed by atoms with van der Waals surface area (Å²) in [6.07, 6.45) is 14.6. The Morgan fingerprint density at radius 2 is 2.00 bits per heavy atom. The van der Waals surface area contributed by atoms with E-state index in [1.807, 2.05) is 36.5 Å². The summed E-state index contributed by atoms with van der Waals surface area (Å²) >= 11 is 1.99. The third-order valence-corrected chi connectivity index (χ3v) is 5.31. The van der Waals surface area contributed by atoms with Gasteiger partial charge in [0, 0.05) is 34.9 Å². The standard InChI is InChI=1S/C15H20N4S/c1-20-12-4-2-11(3-5-12)19-10-18-9-15(19)13-8-17-7-6-14(13)16/h6-12H,2-5H2,1H3,(H2,16,17).